The molecule has 0 aliphatic carbocycles. The Labute approximate surface area is 127 Å². The van der Waals surface area contributed by atoms with Crippen LogP contribution in [-0.2, 0) is 0 Å². The van der Waals surface area contributed by atoms with E-state index in [-0.39, 0.29) is 0 Å². The second kappa shape index (κ2) is 5.77. The summed E-state index contributed by atoms with van der Waals surface area (Å²) in [5.41, 5.74) is 3.25. The van der Waals surface area contributed by atoms with Crippen molar-refractivity contribution >= 4 is 6.21 Å². The number of oxime groups is 1. The first-order valence-corrected chi connectivity index (χ1v) is 6.82. The fourth-order valence-electron chi connectivity index (χ4n) is 2.30. The minimum Gasteiger partial charge on any atom is -0.411 e. The molecule has 1 N–H and O–H groups in total. The number of hydrogen-bond acceptors (Lipinski definition) is 5. The average molecular weight is 293 g/mol. The molecule has 2 heterocycles. The molecule has 2 aromatic heterocycles. The normalized spacial score (nSPS) is 11.2. The lowest BCUT2D eigenvalue weighted by Gasteiger charge is -2.03. The first-order chi connectivity index (χ1) is 10.7. The molecule has 0 unspecified atom stereocenters. The quantitative estimate of drug-likeness (QED) is 0.457. The number of nitrogens with zero attached hydrogens (tertiary/aromatic N) is 5. The molecule has 0 aliphatic rings. The minimum absolute atomic E-state index is 0.680. The summed E-state index contributed by atoms with van der Waals surface area (Å²) >= 11 is 0. The van der Waals surface area contributed by atoms with Gasteiger partial charge in [0.05, 0.1) is 6.21 Å². The molecule has 0 spiro atoms. The van der Waals surface area contributed by atoms with Crippen LogP contribution in [0.15, 0.2) is 47.8 Å². The van der Waals surface area contributed by atoms with Gasteiger partial charge in [0.2, 0.25) is 0 Å². The van der Waals surface area contributed by atoms with E-state index in [1.807, 2.05) is 50.2 Å². The summed E-state index contributed by atoms with van der Waals surface area (Å²) in [4.78, 5) is 8.66. The van der Waals surface area contributed by atoms with E-state index in [9.17, 15) is 0 Å². The van der Waals surface area contributed by atoms with Crippen LogP contribution in [0.2, 0.25) is 0 Å². The lowest BCUT2D eigenvalue weighted by molar-refractivity contribution is 0.322. The topological polar surface area (TPSA) is 76.2 Å². The molecule has 22 heavy (non-hydrogen) atoms. The van der Waals surface area contributed by atoms with Gasteiger partial charge in [0.15, 0.2) is 5.82 Å². The summed E-state index contributed by atoms with van der Waals surface area (Å²) in [6.45, 7) is 3.75. The zero-order chi connectivity index (χ0) is 15.5. The van der Waals surface area contributed by atoms with E-state index in [4.69, 9.17) is 5.21 Å². The van der Waals surface area contributed by atoms with Crippen LogP contribution < -0.4 is 0 Å². The van der Waals surface area contributed by atoms with E-state index in [0.717, 1.165) is 17.0 Å². The Morgan fingerprint density at radius 3 is 2.59 bits per heavy atom. The molecule has 0 radical (unpaired) electrons. The molecule has 1 aromatic carbocycles. The highest BCUT2D eigenvalue weighted by Crippen LogP contribution is 2.22. The van der Waals surface area contributed by atoms with E-state index in [2.05, 4.69) is 20.2 Å². The molecule has 6 nitrogen and oxygen atoms in total. The van der Waals surface area contributed by atoms with Crippen molar-refractivity contribution in [1.82, 2.24) is 19.7 Å². The second-order valence-electron chi connectivity index (χ2n) is 4.90. The van der Waals surface area contributed by atoms with Gasteiger partial charge >= 0.3 is 0 Å². The van der Waals surface area contributed by atoms with Crippen LogP contribution in [-0.4, -0.2) is 31.2 Å². The molecule has 6 heteroatoms. The van der Waals surface area contributed by atoms with Crippen LogP contribution in [0.3, 0.4) is 0 Å². The molecular weight excluding hydrogens is 278 g/mol. The highest BCUT2D eigenvalue weighted by molar-refractivity contribution is 5.88. The molecule has 110 valence electrons. The van der Waals surface area contributed by atoms with E-state index in [1.54, 1.807) is 10.9 Å². The van der Waals surface area contributed by atoms with Crippen molar-refractivity contribution in [3.63, 3.8) is 0 Å². The molecule has 0 aliphatic heterocycles. The maximum Gasteiger partial charge on any atom is 0.157 e. The van der Waals surface area contributed by atoms with E-state index < -0.39 is 0 Å². The maximum atomic E-state index is 8.87. The number of aromatic nitrogens is 4. The molecule has 0 bridgehead atoms. The fraction of sp³-hybridized carbons (Fsp3) is 0.125. The summed E-state index contributed by atoms with van der Waals surface area (Å²) in [7, 11) is 0. The molecular formula is C16H15N5O. The monoisotopic (exact) mass is 293 g/mol. The lowest BCUT2D eigenvalue weighted by Crippen LogP contribution is -2.02. The van der Waals surface area contributed by atoms with Crippen LogP contribution in [0.5, 0.6) is 0 Å². The van der Waals surface area contributed by atoms with Gasteiger partial charge < -0.3 is 5.21 Å². The van der Waals surface area contributed by atoms with Crippen LogP contribution in [0, 0.1) is 13.8 Å². The molecule has 0 saturated carbocycles. The van der Waals surface area contributed by atoms with Gasteiger partial charge in [-0.2, -0.15) is 5.10 Å². The van der Waals surface area contributed by atoms with Gasteiger partial charge in [-0.3, -0.25) is 0 Å². The second-order valence-corrected chi connectivity index (χ2v) is 4.90. The predicted octanol–water partition coefficient (Wildman–Crippen LogP) is 2.75. The highest BCUT2D eigenvalue weighted by atomic mass is 16.4. The van der Waals surface area contributed by atoms with Crippen molar-refractivity contribution in [2.75, 3.05) is 0 Å². The summed E-state index contributed by atoms with van der Waals surface area (Å²) in [5, 5.41) is 16.6. The van der Waals surface area contributed by atoms with E-state index >= 15 is 0 Å². The first-order valence-electron chi connectivity index (χ1n) is 6.82. The predicted molar refractivity (Wildman–Crippen MR) is 83.4 cm³/mol. The minimum atomic E-state index is 0.680. The van der Waals surface area contributed by atoms with Crippen LogP contribution in [0.25, 0.3) is 17.1 Å². The molecule has 0 fully saturated rings. The van der Waals surface area contributed by atoms with Crippen LogP contribution >= 0.6 is 0 Å². The largest absolute Gasteiger partial charge is 0.411 e. The summed E-state index contributed by atoms with van der Waals surface area (Å²) in [6, 6.07) is 11.6. The Hall–Kier alpha value is -3.02. The Morgan fingerprint density at radius 1 is 1.14 bits per heavy atom. The van der Waals surface area contributed by atoms with Crippen LogP contribution in [0.4, 0.5) is 0 Å². The standard InChI is InChI=1S/C16H15N5O/c1-11-8-15(19-12(2)18-11)21-10-14(9-17-22)16(20-21)13-6-4-3-5-7-13/h3-10,22H,1-2H3/b17-9+. The zero-order valence-electron chi connectivity index (χ0n) is 12.3. The van der Waals surface area contributed by atoms with Crippen molar-refractivity contribution in [2.45, 2.75) is 13.8 Å². The smallest absolute Gasteiger partial charge is 0.157 e. The maximum absolute atomic E-state index is 8.87. The molecule has 0 saturated heterocycles. The Kier molecular flexibility index (Phi) is 3.65. The van der Waals surface area contributed by atoms with Gasteiger partial charge in [-0.25, -0.2) is 14.6 Å². The van der Waals surface area contributed by atoms with E-state index in [0.29, 0.717) is 17.2 Å². The lowest BCUT2D eigenvalue weighted by atomic mass is 10.1. The third-order valence-corrected chi connectivity index (χ3v) is 3.17. The van der Waals surface area contributed by atoms with Gasteiger partial charge in [0.25, 0.3) is 0 Å². The van der Waals surface area contributed by atoms with Gasteiger partial charge in [0.1, 0.15) is 11.5 Å². The van der Waals surface area contributed by atoms with Gasteiger partial charge in [-0.15, -0.1) is 0 Å². The number of hydrogen-bond donors (Lipinski definition) is 1. The Balaban J connectivity index is 2.15. The SMILES string of the molecule is Cc1cc(-n2cc(/C=N/O)c(-c3ccccc3)n2)nc(C)n1. The third kappa shape index (κ3) is 2.71. The fourth-order valence-corrected chi connectivity index (χ4v) is 2.30. The summed E-state index contributed by atoms with van der Waals surface area (Å²) in [6.07, 6.45) is 3.15. The Bertz CT molecular complexity index is 804. The summed E-state index contributed by atoms with van der Waals surface area (Å²) < 4.78 is 1.67. The van der Waals surface area contributed by atoms with Gasteiger partial charge in [-0.1, -0.05) is 35.5 Å². The molecule has 3 rings (SSSR count). The van der Waals surface area contributed by atoms with Crippen molar-refractivity contribution < 1.29 is 5.21 Å². The van der Waals surface area contributed by atoms with Crippen molar-refractivity contribution in [2.24, 2.45) is 5.16 Å². The number of aryl methyl sites for hydroxylation is 2. The number of rotatable bonds is 3. The van der Waals surface area contributed by atoms with Crippen molar-refractivity contribution in [3.05, 3.63) is 59.7 Å². The van der Waals surface area contributed by atoms with Gasteiger partial charge in [-0.05, 0) is 13.8 Å². The van der Waals surface area contributed by atoms with Crippen molar-refractivity contribution in [3.8, 4) is 17.1 Å². The summed E-state index contributed by atoms with van der Waals surface area (Å²) in [5.74, 6) is 1.36. The zero-order valence-corrected chi connectivity index (χ0v) is 12.3. The highest BCUT2D eigenvalue weighted by Gasteiger charge is 2.12. The first kappa shape index (κ1) is 13.9. The van der Waals surface area contributed by atoms with Crippen molar-refractivity contribution in [1.29, 1.82) is 0 Å². The third-order valence-electron chi connectivity index (χ3n) is 3.17. The van der Waals surface area contributed by atoms with Gasteiger partial charge in [0, 0.05) is 29.1 Å². The van der Waals surface area contributed by atoms with Crippen LogP contribution in [0.1, 0.15) is 17.1 Å². The molecule has 3 aromatic rings. The molecule has 0 amide bonds. The Morgan fingerprint density at radius 2 is 1.91 bits per heavy atom. The average Bonchev–Trinajstić information content (AvgIpc) is 2.92. The number of benzene rings is 1. The van der Waals surface area contributed by atoms with E-state index in [1.165, 1.54) is 6.21 Å². The molecule has 0 atom stereocenters.